The first-order valence-electron chi connectivity index (χ1n) is 7.41. The fourth-order valence-corrected chi connectivity index (χ4v) is 2.99. The number of nitrogens with one attached hydrogen (secondary N) is 1. The van der Waals surface area contributed by atoms with Crippen LogP contribution in [0, 0.1) is 11.6 Å². The Balaban J connectivity index is 1.89. The molecule has 1 saturated carbocycles. The van der Waals surface area contributed by atoms with Gasteiger partial charge in [0.15, 0.2) is 0 Å². The SMILES string of the molecule is CC(Cc1c(F)cccc1F)NC(=O)CC1(N)CCCC1. The average molecular weight is 296 g/mol. The fourth-order valence-electron chi connectivity index (χ4n) is 2.99. The monoisotopic (exact) mass is 296 g/mol. The number of carbonyl (C=O) groups excluding carboxylic acids is 1. The lowest BCUT2D eigenvalue weighted by Gasteiger charge is -2.24. The summed E-state index contributed by atoms with van der Waals surface area (Å²) >= 11 is 0. The molecule has 0 spiro atoms. The molecule has 3 nitrogen and oxygen atoms in total. The summed E-state index contributed by atoms with van der Waals surface area (Å²) in [5, 5.41) is 2.78. The summed E-state index contributed by atoms with van der Waals surface area (Å²) in [4.78, 5) is 12.0. The van der Waals surface area contributed by atoms with E-state index in [-0.39, 0.29) is 30.4 Å². The number of amides is 1. The number of carbonyl (C=O) groups is 1. The van der Waals surface area contributed by atoms with Gasteiger partial charge in [-0.2, -0.15) is 0 Å². The van der Waals surface area contributed by atoms with Crippen LogP contribution in [0.25, 0.3) is 0 Å². The number of hydrogen-bond acceptors (Lipinski definition) is 2. The smallest absolute Gasteiger partial charge is 0.222 e. The van der Waals surface area contributed by atoms with Crippen LogP contribution in [-0.2, 0) is 11.2 Å². The summed E-state index contributed by atoms with van der Waals surface area (Å²) in [7, 11) is 0. The fraction of sp³-hybridized carbons (Fsp3) is 0.562. The standard InChI is InChI=1S/C16H22F2N2O/c1-11(9-12-13(17)5-4-6-14(12)18)20-15(21)10-16(19)7-2-3-8-16/h4-6,11H,2-3,7-10,19H2,1H3,(H,20,21). The zero-order valence-corrected chi connectivity index (χ0v) is 12.3. The van der Waals surface area contributed by atoms with Gasteiger partial charge in [-0.15, -0.1) is 0 Å². The highest BCUT2D eigenvalue weighted by atomic mass is 19.1. The van der Waals surface area contributed by atoms with Crippen molar-refractivity contribution >= 4 is 5.91 Å². The maximum absolute atomic E-state index is 13.6. The minimum Gasteiger partial charge on any atom is -0.353 e. The van der Waals surface area contributed by atoms with Gasteiger partial charge in [0.1, 0.15) is 11.6 Å². The van der Waals surface area contributed by atoms with Crippen LogP contribution in [0.3, 0.4) is 0 Å². The predicted octanol–water partition coefficient (Wildman–Crippen LogP) is 2.67. The molecule has 1 aliphatic carbocycles. The molecular weight excluding hydrogens is 274 g/mol. The molecule has 116 valence electrons. The van der Waals surface area contributed by atoms with Gasteiger partial charge in [0.25, 0.3) is 0 Å². The lowest BCUT2D eigenvalue weighted by Crippen LogP contribution is -2.44. The molecule has 3 N–H and O–H groups in total. The molecule has 0 aliphatic heterocycles. The first-order valence-corrected chi connectivity index (χ1v) is 7.41. The zero-order chi connectivity index (χ0) is 15.5. The number of rotatable bonds is 5. The Morgan fingerprint density at radius 2 is 1.90 bits per heavy atom. The van der Waals surface area contributed by atoms with Crippen molar-refractivity contribution in [3.63, 3.8) is 0 Å². The van der Waals surface area contributed by atoms with Crippen LogP contribution in [-0.4, -0.2) is 17.5 Å². The molecular formula is C16H22F2N2O. The normalized spacial score (nSPS) is 18.5. The van der Waals surface area contributed by atoms with Crippen molar-refractivity contribution in [2.24, 2.45) is 5.73 Å². The van der Waals surface area contributed by atoms with E-state index in [4.69, 9.17) is 5.73 Å². The molecule has 1 fully saturated rings. The second kappa shape index (κ2) is 6.52. The van der Waals surface area contributed by atoms with Gasteiger partial charge in [0.05, 0.1) is 0 Å². The van der Waals surface area contributed by atoms with E-state index in [0.717, 1.165) is 25.7 Å². The van der Waals surface area contributed by atoms with Gasteiger partial charge in [0, 0.05) is 23.6 Å². The predicted molar refractivity (Wildman–Crippen MR) is 77.7 cm³/mol. The summed E-state index contributed by atoms with van der Waals surface area (Å²) < 4.78 is 27.1. The van der Waals surface area contributed by atoms with E-state index in [1.807, 2.05) is 0 Å². The highest BCUT2D eigenvalue weighted by Crippen LogP contribution is 2.29. The number of nitrogens with two attached hydrogens (primary N) is 1. The zero-order valence-electron chi connectivity index (χ0n) is 12.3. The Morgan fingerprint density at radius 1 is 1.33 bits per heavy atom. The van der Waals surface area contributed by atoms with Crippen LogP contribution in [0.4, 0.5) is 8.78 Å². The lowest BCUT2D eigenvalue weighted by atomic mass is 9.94. The van der Waals surface area contributed by atoms with E-state index in [1.54, 1.807) is 6.92 Å². The molecule has 0 bridgehead atoms. The van der Waals surface area contributed by atoms with Gasteiger partial charge in [-0.1, -0.05) is 18.9 Å². The van der Waals surface area contributed by atoms with Gasteiger partial charge < -0.3 is 11.1 Å². The molecule has 0 radical (unpaired) electrons. The topological polar surface area (TPSA) is 55.1 Å². The highest BCUT2D eigenvalue weighted by molar-refractivity contribution is 5.77. The third-order valence-corrected chi connectivity index (χ3v) is 4.09. The molecule has 21 heavy (non-hydrogen) atoms. The van der Waals surface area contributed by atoms with E-state index in [0.29, 0.717) is 0 Å². The summed E-state index contributed by atoms with van der Waals surface area (Å²) in [6.45, 7) is 1.74. The summed E-state index contributed by atoms with van der Waals surface area (Å²) in [6.07, 6.45) is 4.23. The Bertz CT molecular complexity index is 493. The van der Waals surface area contributed by atoms with Crippen LogP contribution in [0.5, 0.6) is 0 Å². The van der Waals surface area contributed by atoms with Crippen molar-refractivity contribution in [1.29, 1.82) is 0 Å². The van der Waals surface area contributed by atoms with Crippen molar-refractivity contribution in [1.82, 2.24) is 5.32 Å². The first kappa shape index (κ1) is 15.9. The second-order valence-corrected chi connectivity index (χ2v) is 6.12. The molecule has 1 aromatic carbocycles. The van der Waals surface area contributed by atoms with Crippen LogP contribution < -0.4 is 11.1 Å². The van der Waals surface area contributed by atoms with E-state index < -0.39 is 17.2 Å². The van der Waals surface area contributed by atoms with Crippen molar-refractivity contribution in [2.75, 3.05) is 0 Å². The summed E-state index contributed by atoms with van der Waals surface area (Å²) in [5.74, 6) is -1.31. The minimum absolute atomic E-state index is 0.00799. The van der Waals surface area contributed by atoms with Gasteiger partial charge in [-0.3, -0.25) is 4.79 Å². The third kappa shape index (κ3) is 4.24. The summed E-state index contributed by atoms with van der Waals surface area (Å²) in [6, 6.07) is 3.44. The quantitative estimate of drug-likeness (QED) is 0.877. The van der Waals surface area contributed by atoms with Crippen LogP contribution in [0.2, 0.25) is 0 Å². The molecule has 2 rings (SSSR count). The molecule has 0 aromatic heterocycles. The Morgan fingerprint density at radius 3 is 2.48 bits per heavy atom. The molecule has 1 aliphatic rings. The Hall–Kier alpha value is -1.49. The minimum atomic E-state index is -0.581. The number of hydrogen-bond donors (Lipinski definition) is 2. The molecule has 1 amide bonds. The van der Waals surface area contributed by atoms with E-state index in [2.05, 4.69) is 5.32 Å². The van der Waals surface area contributed by atoms with Crippen LogP contribution >= 0.6 is 0 Å². The van der Waals surface area contributed by atoms with E-state index in [1.165, 1.54) is 18.2 Å². The van der Waals surface area contributed by atoms with Gasteiger partial charge in [-0.05, 0) is 38.3 Å². The highest BCUT2D eigenvalue weighted by Gasteiger charge is 2.32. The molecule has 0 saturated heterocycles. The molecule has 1 unspecified atom stereocenters. The molecule has 1 atom stereocenters. The second-order valence-electron chi connectivity index (χ2n) is 6.12. The van der Waals surface area contributed by atoms with E-state index in [9.17, 15) is 13.6 Å². The molecule has 5 heteroatoms. The third-order valence-electron chi connectivity index (χ3n) is 4.09. The van der Waals surface area contributed by atoms with Crippen molar-refractivity contribution < 1.29 is 13.6 Å². The van der Waals surface area contributed by atoms with Crippen LogP contribution in [0.1, 0.15) is 44.6 Å². The van der Waals surface area contributed by atoms with Gasteiger partial charge >= 0.3 is 0 Å². The maximum atomic E-state index is 13.6. The number of halogens is 2. The van der Waals surface area contributed by atoms with Gasteiger partial charge in [-0.25, -0.2) is 8.78 Å². The van der Waals surface area contributed by atoms with Crippen LogP contribution in [0.15, 0.2) is 18.2 Å². The lowest BCUT2D eigenvalue weighted by molar-refractivity contribution is -0.122. The Kier molecular flexibility index (Phi) is 4.93. The molecule has 0 heterocycles. The Labute approximate surface area is 123 Å². The van der Waals surface area contributed by atoms with E-state index >= 15 is 0 Å². The molecule has 1 aromatic rings. The van der Waals surface area contributed by atoms with Gasteiger partial charge in [0.2, 0.25) is 5.91 Å². The largest absolute Gasteiger partial charge is 0.353 e. The summed E-state index contributed by atoms with van der Waals surface area (Å²) in [5.41, 5.74) is 5.75. The first-order chi connectivity index (χ1) is 9.89. The number of benzene rings is 1. The van der Waals surface area contributed by atoms with Crippen molar-refractivity contribution in [2.45, 2.75) is 57.0 Å². The average Bonchev–Trinajstić information content (AvgIpc) is 2.80. The maximum Gasteiger partial charge on any atom is 0.222 e. The van der Waals surface area contributed by atoms with Crippen molar-refractivity contribution in [3.05, 3.63) is 35.4 Å². The van der Waals surface area contributed by atoms with Crippen molar-refractivity contribution in [3.8, 4) is 0 Å².